The van der Waals surface area contributed by atoms with Crippen molar-refractivity contribution in [2.75, 3.05) is 19.7 Å². The summed E-state index contributed by atoms with van der Waals surface area (Å²) in [6.07, 6.45) is 3.07. The number of hydrogen-bond donors (Lipinski definition) is 1. The van der Waals surface area contributed by atoms with Gasteiger partial charge >= 0.3 is 0 Å². The lowest BCUT2D eigenvalue weighted by molar-refractivity contribution is 0.00302. The van der Waals surface area contributed by atoms with Crippen molar-refractivity contribution >= 4 is 0 Å². The molecule has 1 N–H and O–H groups in total. The molecule has 2 unspecified atom stereocenters. The third-order valence-corrected chi connectivity index (χ3v) is 3.88. The summed E-state index contributed by atoms with van der Waals surface area (Å²) in [5.41, 5.74) is 1.15. The van der Waals surface area contributed by atoms with Crippen LogP contribution in [-0.4, -0.2) is 41.8 Å². The highest BCUT2D eigenvalue weighted by Gasteiger charge is 2.16. The van der Waals surface area contributed by atoms with E-state index in [-0.39, 0.29) is 0 Å². The van der Waals surface area contributed by atoms with Gasteiger partial charge in [0.2, 0.25) is 0 Å². The molecule has 0 aromatic heterocycles. The monoisotopic (exact) mass is 293 g/mol. The van der Waals surface area contributed by atoms with Gasteiger partial charge in [-0.2, -0.15) is 0 Å². The molecule has 1 rings (SSSR count). The van der Waals surface area contributed by atoms with Crippen LogP contribution in [0.4, 0.5) is 0 Å². The maximum absolute atomic E-state index is 10.2. The number of benzene rings is 1. The topological polar surface area (TPSA) is 32.7 Å². The molecule has 0 aliphatic rings. The molecule has 120 valence electrons. The third-order valence-electron chi connectivity index (χ3n) is 3.88. The number of aliphatic hydroxyl groups excluding tert-OH is 1. The Balaban J connectivity index is 2.30. The summed E-state index contributed by atoms with van der Waals surface area (Å²) in [5.74, 6) is 0. The highest BCUT2D eigenvalue weighted by molar-refractivity contribution is 5.13. The van der Waals surface area contributed by atoms with Crippen LogP contribution in [0.5, 0.6) is 0 Å². The Kier molecular flexibility index (Phi) is 9.31. The lowest BCUT2D eigenvalue weighted by Gasteiger charge is -2.30. The maximum atomic E-state index is 10.2. The van der Waals surface area contributed by atoms with E-state index >= 15 is 0 Å². The van der Waals surface area contributed by atoms with Gasteiger partial charge in [0.15, 0.2) is 0 Å². The lowest BCUT2D eigenvalue weighted by atomic mass is 10.1. The van der Waals surface area contributed by atoms with Gasteiger partial charge in [-0.05, 0) is 31.9 Å². The second-order valence-electron chi connectivity index (χ2n) is 5.76. The zero-order valence-corrected chi connectivity index (χ0v) is 13.8. The molecule has 0 heterocycles. The van der Waals surface area contributed by atoms with Gasteiger partial charge in [-0.25, -0.2) is 0 Å². The molecule has 1 aromatic carbocycles. The predicted octanol–water partition coefficient (Wildman–Crippen LogP) is 3.46. The summed E-state index contributed by atoms with van der Waals surface area (Å²) >= 11 is 0. The van der Waals surface area contributed by atoms with Crippen molar-refractivity contribution in [1.29, 1.82) is 0 Å². The molecule has 0 aliphatic heterocycles. The van der Waals surface area contributed by atoms with E-state index in [0.29, 0.717) is 25.8 Å². The molecule has 0 radical (unpaired) electrons. The smallest absolute Gasteiger partial charge is 0.0900 e. The molecule has 0 amide bonds. The van der Waals surface area contributed by atoms with Crippen LogP contribution >= 0.6 is 0 Å². The van der Waals surface area contributed by atoms with E-state index < -0.39 is 6.10 Å². The molecule has 21 heavy (non-hydrogen) atoms. The van der Waals surface area contributed by atoms with Crippen LogP contribution in [-0.2, 0) is 11.3 Å². The number of ether oxygens (including phenoxy) is 1. The molecule has 2 atom stereocenters. The zero-order valence-electron chi connectivity index (χ0n) is 13.8. The van der Waals surface area contributed by atoms with Crippen molar-refractivity contribution in [3.8, 4) is 0 Å². The second kappa shape index (κ2) is 10.8. The van der Waals surface area contributed by atoms with E-state index in [0.717, 1.165) is 18.5 Å². The summed E-state index contributed by atoms with van der Waals surface area (Å²) in [6.45, 7) is 9.35. The summed E-state index contributed by atoms with van der Waals surface area (Å²) < 4.78 is 5.62. The molecule has 0 bridgehead atoms. The fraction of sp³-hybridized carbons (Fsp3) is 0.667. The maximum Gasteiger partial charge on any atom is 0.0900 e. The van der Waals surface area contributed by atoms with Crippen molar-refractivity contribution in [1.82, 2.24) is 4.90 Å². The Hall–Kier alpha value is -0.900. The summed E-state index contributed by atoms with van der Waals surface area (Å²) in [7, 11) is 0. The van der Waals surface area contributed by atoms with E-state index in [1.54, 1.807) is 0 Å². The van der Waals surface area contributed by atoms with Gasteiger partial charge in [-0.1, -0.05) is 50.6 Å². The van der Waals surface area contributed by atoms with Gasteiger partial charge < -0.3 is 9.84 Å². The van der Waals surface area contributed by atoms with Crippen LogP contribution in [0.3, 0.4) is 0 Å². The predicted molar refractivity (Wildman–Crippen MR) is 88.3 cm³/mol. The van der Waals surface area contributed by atoms with E-state index in [1.165, 1.54) is 12.8 Å². The normalized spacial score (nSPS) is 14.3. The van der Waals surface area contributed by atoms with E-state index in [1.807, 2.05) is 30.3 Å². The molecular formula is C18H31NO2. The first kappa shape index (κ1) is 18.1. The Morgan fingerprint density at radius 1 is 1.19 bits per heavy atom. The van der Waals surface area contributed by atoms with Crippen LogP contribution < -0.4 is 0 Å². The van der Waals surface area contributed by atoms with Gasteiger partial charge in [-0.15, -0.1) is 0 Å². The van der Waals surface area contributed by atoms with Crippen molar-refractivity contribution < 1.29 is 9.84 Å². The molecule has 3 nitrogen and oxygen atoms in total. The third kappa shape index (κ3) is 7.60. The van der Waals surface area contributed by atoms with Gasteiger partial charge in [0, 0.05) is 12.6 Å². The van der Waals surface area contributed by atoms with Crippen molar-refractivity contribution in [2.45, 2.75) is 58.8 Å². The molecule has 0 saturated carbocycles. The van der Waals surface area contributed by atoms with Crippen LogP contribution in [0.25, 0.3) is 0 Å². The Bertz CT molecular complexity index is 355. The van der Waals surface area contributed by atoms with Gasteiger partial charge in [0.25, 0.3) is 0 Å². The summed E-state index contributed by atoms with van der Waals surface area (Å²) in [5, 5.41) is 10.2. The molecule has 1 aromatic rings. The fourth-order valence-electron chi connectivity index (χ4n) is 2.32. The van der Waals surface area contributed by atoms with Crippen molar-refractivity contribution in [2.24, 2.45) is 0 Å². The first-order valence-corrected chi connectivity index (χ1v) is 8.21. The molecule has 0 spiro atoms. The average Bonchev–Trinajstić information content (AvgIpc) is 2.51. The quantitative estimate of drug-likeness (QED) is 0.678. The highest BCUT2D eigenvalue weighted by Crippen LogP contribution is 2.08. The second-order valence-corrected chi connectivity index (χ2v) is 5.76. The van der Waals surface area contributed by atoms with Crippen LogP contribution in [0.1, 0.15) is 45.6 Å². The molecule has 3 heteroatoms. The van der Waals surface area contributed by atoms with Crippen molar-refractivity contribution in [3.05, 3.63) is 35.9 Å². The molecule has 0 fully saturated rings. The Morgan fingerprint density at radius 3 is 2.52 bits per heavy atom. The lowest BCUT2D eigenvalue weighted by Crippen LogP contribution is -2.40. The Labute approximate surface area is 129 Å². The number of rotatable bonds is 11. The highest BCUT2D eigenvalue weighted by atomic mass is 16.5. The number of nitrogens with zero attached hydrogens (tertiary/aromatic N) is 1. The fourth-order valence-corrected chi connectivity index (χ4v) is 2.32. The molecular weight excluding hydrogens is 262 g/mol. The van der Waals surface area contributed by atoms with E-state index in [2.05, 4.69) is 25.7 Å². The Morgan fingerprint density at radius 2 is 1.90 bits per heavy atom. The van der Waals surface area contributed by atoms with E-state index in [4.69, 9.17) is 4.74 Å². The number of unbranched alkanes of at least 4 members (excludes halogenated alkanes) is 1. The SMILES string of the molecule is CCCCN(CC(O)COCc1ccccc1)C(C)CC. The van der Waals surface area contributed by atoms with Crippen LogP contribution in [0.2, 0.25) is 0 Å². The largest absolute Gasteiger partial charge is 0.389 e. The average molecular weight is 293 g/mol. The first-order chi connectivity index (χ1) is 10.2. The molecule has 0 aliphatic carbocycles. The standard InChI is InChI=1S/C18H31NO2/c1-4-6-12-19(16(3)5-2)13-18(20)15-21-14-17-10-8-7-9-11-17/h7-11,16,18,20H,4-6,12-15H2,1-3H3. The minimum atomic E-state index is -0.417. The van der Waals surface area contributed by atoms with Gasteiger partial charge in [0.05, 0.1) is 19.3 Å². The van der Waals surface area contributed by atoms with Gasteiger partial charge in [0.1, 0.15) is 0 Å². The van der Waals surface area contributed by atoms with Crippen molar-refractivity contribution in [3.63, 3.8) is 0 Å². The van der Waals surface area contributed by atoms with Gasteiger partial charge in [-0.3, -0.25) is 4.90 Å². The first-order valence-electron chi connectivity index (χ1n) is 8.21. The summed E-state index contributed by atoms with van der Waals surface area (Å²) in [4.78, 5) is 2.38. The number of hydrogen-bond acceptors (Lipinski definition) is 3. The zero-order chi connectivity index (χ0) is 15.5. The number of aliphatic hydroxyl groups is 1. The minimum absolute atomic E-state index is 0.397. The minimum Gasteiger partial charge on any atom is -0.389 e. The van der Waals surface area contributed by atoms with Crippen LogP contribution in [0.15, 0.2) is 30.3 Å². The van der Waals surface area contributed by atoms with Crippen LogP contribution in [0, 0.1) is 0 Å². The van der Waals surface area contributed by atoms with E-state index in [9.17, 15) is 5.11 Å². The molecule has 0 saturated heterocycles. The summed E-state index contributed by atoms with van der Waals surface area (Å²) in [6, 6.07) is 10.6.